The van der Waals surface area contributed by atoms with Gasteiger partial charge in [-0.05, 0) is 30.8 Å². The highest BCUT2D eigenvalue weighted by Crippen LogP contribution is 2.20. The number of rotatable bonds is 6. The first-order valence-electron chi connectivity index (χ1n) is 6.32. The Hall–Kier alpha value is -1.41. The van der Waals surface area contributed by atoms with E-state index in [1.807, 2.05) is 0 Å². The van der Waals surface area contributed by atoms with E-state index in [2.05, 4.69) is 15.1 Å². The molecule has 0 radical (unpaired) electrons. The van der Waals surface area contributed by atoms with Crippen LogP contribution in [-0.4, -0.2) is 25.2 Å². The van der Waals surface area contributed by atoms with Gasteiger partial charge < -0.3 is 5.32 Å². The molecule has 0 bridgehead atoms. The molecule has 0 saturated heterocycles. The molecule has 2 rings (SSSR count). The van der Waals surface area contributed by atoms with Crippen LogP contribution >= 0.6 is 11.6 Å². The minimum absolute atomic E-state index is 0.195. The van der Waals surface area contributed by atoms with Gasteiger partial charge in [-0.1, -0.05) is 11.6 Å². The van der Waals surface area contributed by atoms with Crippen molar-refractivity contribution in [2.24, 2.45) is 7.05 Å². The second-order valence-corrected chi connectivity index (χ2v) is 6.80. The van der Waals surface area contributed by atoms with E-state index < -0.39 is 10.0 Å². The van der Waals surface area contributed by atoms with Gasteiger partial charge in [0.15, 0.2) is 0 Å². The van der Waals surface area contributed by atoms with Gasteiger partial charge in [0.05, 0.1) is 11.1 Å². The lowest BCUT2D eigenvalue weighted by Crippen LogP contribution is -2.23. The maximum absolute atomic E-state index is 12.3. The zero-order valence-electron chi connectivity index (χ0n) is 11.8. The highest BCUT2D eigenvalue weighted by atomic mass is 35.5. The summed E-state index contributed by atoms with van der Waals surface area (Å²) in [6.07, 6.45) is 3.38. The van der Waals surface area contributed by atoms with Crippen LogP contribution in [0.25, 0.3) is 0 Å². The average Bonchev–Trinajstić information content (AvgIpc) is 2.85. The predicted molar refractivity (Wildman–Crippen MR) is 81.4 cm³/mol. The second kappa shape index (κ2) is 6.57. The monoisotopic (exact) mass is 328 g/mol. The molecule has 21 heavy (non-hydrogen) atoms. The minimum Gasteiger partial charge on any atom is -0.316 e. The number of hydrogen-bond acceptors (Lipinski definition) is 4. The number of hydrogen-bond donors (Lipinski definition) is 2. The SMILES string of the molecule is CNCc1cc(S(=O)(=O)NCc2cnn(C)c2)ccc1Cl. The third-order valence-electron chi connectivity index (χ3n) is 2.92. The van der Waals surface area contributed by atoms with Crippen LogP contribution in [0.4, 0.5) is 0 Å². The molecule has 0 atom stereocenters. The van der Waals surface area contributed by atoms with Crippen LogP contribution in [0.5, 0.6) is 0 Å². The second-order valence-electron chi connectivity index (χ2n) is 4.63. The highest BCUT2D eigenvalue weighted by Gasteiger charge is 2.15. The van der Waals surface area contributed by atoms with E-state index in [9.17, 15) is 8.42 Å². The fourth-order valence-electron chi connectivity index (χ4n) is 1.87. The molecule has 114 valence electrons. The minimum atomic E-state index is -3.58. The van der Waals surface area contributed by atoms with E-state index in [-0.39, 0.29) is 11.4 Å². The van der Waals surface area contributed by atoms with Crippen LogP contribution in [0.3, 0.4) is 0 Å². The third kappa shape index (κ3) is 4.04. The molecule has 8 heteroatoms. The Labute approximate surface area is 129 Å². The van der Waals surface area contributed by atoms with Gasteiger partial charge in [-0.15, -0.1) is 0 Å². The van der Waals surface area contributed by atoms with Crippen molar-refractivity contribution in [2.45, 2.75) is 18.0 Å². The van der Waals surface area contributed by atoms with Crippen molar-refractivity contribution in [3.63, 3.8) is 0 Å². The van der Waals surface area contributed by atoms with Crippen LogP contribution in [0.2, 0.25) is 5.02 Å². The van der Waals surface area contributed by atoms with Gasteiger partial charge in [-0.2, -0.15) is 5.10 Å². The average molecular weight is 329 g/mol. The molecule has 0 aliphatic rings. The molecule has 0 aliphatic carbocycles. The van der Waals surface area contributed by atoms with E-state index in [1.165, 1.54) is 6.07 Å². The van der Waals surface area contributed by atoms with Gasteiger partial charge in [0.2, 0.25) is 10.0 Å². The smallest absolute Gasteiger partial charge is 0.240 e. The van der Waals surface area contributed by atoms with Crippen molar-refractivity contribution in [2.75, 3.05) is 7.05 Å². The molecule has 0 aliphatic heterocycles. The summed E-state index contributed by atoms with van der Waals surface area (Å²) in [5.41, 5.74) is 1.54. The standard InChI is InChI=1S/C13H17ClN4O2S/c1-15-8-11-5-12(3-4-13(11)14)21(19,20)17-7-10-6-16-18(2)9-10/h3-6,9,15,17H,7-8H2,1-2H3. The van der Waals surface area contributed by atoms with Crippen molar-refractivity contribution >= 4 is 21.6 Å². The van der Waals surface area contributed by atoms with E-state index >= 15 is 0 Å². The Morgan fingerprint density at radius 3 is 2.71 bits per heavy atom. The van der Waals surface area contributed by atoms with Crippen molar-refractivity contribution in [1.29, 1.82) is 0 Å². The largest absolute Gasteiger partial charge is 0.316 e. The van der Waals surface area contributed by atoms with E-state index in [1.54, 1.807) is 43.3 Å². The van der Waals surface area contributed by atoms with Gasteiger partial charge in [-0.3, -0.25) is 4.68 Å². The molecular weight excluding hydrogens is 312 g/mol. The van der Waals surface area contributed by atoms with Crippen LogP contribution in [0.1, 0.15) is 11.1 Å². The summed E-state index contributed by atoms with van der Waals surface area (Å²) in [5.74, 6) is 0. The lowest BCUT2D eigenvalue weighted by Gasteiger charge is -2.09. The summed E-state index contributed by atoms with van der Waals surface area (Å²) >= 11 is 6.03. The van der Waals surface area contributed by atoms with Gasteiger partial charge >= 0.3 is 0 Å². The van der Waals surface area contributed by atoms with Gasteiger partial charge in [0.25, 0.3) is 0 Å². The Morgan fingerprint density at radius 1 is 1.33 bits per heavy atom. The summed E-state index contributed by atoms with van der Waals surface area (Å²) in [5, 5.41) is 7.49. The number of sulfonamides is 1. The summed E-state index contributed by atoms with van der Waals surface area (Å²) in [6.45, 7) is 0.699. The topological polar surface area (TPSA) is 76.0 Å². The van der Waals surface area contributed by atoms with E-state index in [4.69, 9.17) is 11.6 Å². The molecule has 1 heterocycles. The van der Waals surface area contributed by atoms with Gasteiger partial charge in [-0.25, -0.2) is 13.1 Å². The lowest BCUT2D eigenvalue weighted by atomic mass is 10.2. The zero-order chi connectivity index (χ0) is 15.5. The first-order valence-corrected chi connectivity index (χ1v) is 8.18. The Kier molecular flexibility index (Phi) is 5.00. The Morgan fingerprint density at radius 2 is 2.10 bits per heavy atom. The number of nitrogens with zero attached hydrogens (tertiary/aromatic N) is 2. The molecule has 1 aromatic heterocycles. The number of aromatic nitrogens is 2. The Bertz CT molecular complexity index is 728. The highest BCUT2D eigenvalue weighted by molar-refractivity contribution is 7.89. The molecule has 0 unspecified atom stereocenters. The molecule has 0 amide bonds. The van der Waals surface area contributed by atoms with Crippen molar-refractivity contribution in [1.82, 2.24) is 19.8 Å². The first kappa shape index (κ1) is 16.0. The molecule has 0 fully saturated rings. The van der Waals surface area contributed by atoms with Crippen LogP contribution in [-0.2, 0) is 30.2 Å². The summed E-state index contributed by atoms with van der Waals surface area (Å²) in [4.78, 5) is 0.195. The fraction of sp³-hybridized carbons (Fsp3) is 0.308. The summed E-state index contributed by atoms with van der Waals surface area (Å²) < 4.78 is 28.7. The fourth-order valence-corrected chi connectivity index (χ4v) is 3.12. The summed E-state index contributed by atoms with van der Waals surface area (Å²) in [6, 6.07) is 4.66. The van der Waals surface area contributed by atoms with Crippen LogP contribution in [0, 0.1) is 0 Å². The van der Waals surface area contributed by atoms with Crippen molar-refractivity contribution in [3.05, 3.63) is 46.7 Å². The maximum atomic E-state index is 12.3. The molecular formula is C13H17ClN4O2S. The predicted octanol–water partition coefficient (Wildman–Crippen LogP) is 1.27. The van der Waals surface area contributed by atoms with Crippen LogP contribution in [0.15, 0.2) is 35.5 Å². The molecule has 0 spiro atoms. The molecule has 0 saturated carbocycles. The molecule has 1 aromatic carbocycles. The lowest BCUT2D eigenvalue weighted by molar-refractivity contribution is 0.581. The van der Waals surface area contributed by atoms with Crippen LogP contribution < -0.4 is 10.0 Å². The molecule has 2 N–H and O–H groups in total. The van der Waals surface area contributed by atoms with Crippen molar-refractivity contribution in [3.8, 4) is 0 Å². The number of nitrogens with one attached hydrogen (secondary N) is 2. The molecule has 2 aromatic rings. The number of halogens is 1. The normalized spacial score (nSPS) is 11.8. The first-order chi connectivity index (χ1) is 9.92. The van der Waals surface area contributed by atoms with E-state index in [0.717, 1.165) is 11.1 Å². The quantitative estimate of drug-likeness (QED) is 0.837. The van der Waals surface area contributed by atoms with E-state index in [0.29, 0.717) is 11.6 Å². The van der Waals surface area contributed by atoms with Gasteiger partial charge in [0.1, 0.15) is 0 Å². The maximum Gasteiger partial charge on any atom is 0.240 e. The zero-order valence-corrected chi connectivity index (χ0v) is 13.4. The third-order valence-corrected chi connectivity index (χ3v) is 4.69. The number of aryl methyl sites for hydroxylation is 1. The Balaban J connectivity index is 2.17. The number of benzene rings is 1. The summed E-state index contributed by atoms with van der Waals surface area (Å²) in [7, 11) is -0.0253. The van der Waals surface area contributed by atoms with Gasteiger partial charge in [0, 0.05) is 36.9 Å². The van der Waals surface area contributed by atoms with Crippen molar-refractivity contribution < 1.29 is 8.42 Å². The molecule has 6 nitrogen and oxygen atoms in total.